The summed E-state index contributed by atoms with van der Waals surface area (Å²) in [6.45, 7) is 4.49. The van der Waals surface area contributed by atoms with Crippen molar-refractivity contribution in [2.24, 2.45) is 23.5 Å². The third kappa shape index (κ3) is 3.29. The van der Waals surface area contributed by atoms with Crippen molar-refractivity contribution in [3.63, 3.8) is 0 Å². The van der Waals surface area contributed by atoms with Gasteiger partial charge in [-0.25, -0.2) is 0 Å². The Kier molecular flexibility index (Phi) is 3.93. The SMILES string of the molecule is CC1CC(C)CC(C[C@H](N)C(=O)O)C1. The highest BCUT2D eigenvalue weighted by molar-refractivity contribution is 5.73. The van der Waals surface area contributed by atoms with Crippen LogP contribution in [0.3, 0.4) is 0 Å². The lowest BCUT2D eigenvalue weighted by atomic mass is 9.74. The fourth-order valence-electron chi connectivity index (χ4n) is 2.77. The second kappa shape index (κ2) is 4.78. The quantitative estimate of drug-likeness (QED) is 0.729. The molecule has 0 aromatic carbocycles. The Labute approximate surface area is 85.7 Å². The summed E-state index contributed by atoms with van der Waals surface area (Å²) in [5.74, 6) is 1.10. The van der Waals surface area contributed by atoms with Crippen molar-refractivity contribution in [1.82, 2.24) is 0 Å². The maximum atomic E-state index is 10.6. The monoisotopic (exact) mass is 199 g/mol. The number of nitrogens with two attached hydrogens (primary N) is 1. The van der Waals surface area contributed by atoms with E-state index in [9.17, 15) is 4.79 Å². The van der Waals surface area contributed by atoms with Crippen LogP contribution in [0.1, 0.15) is 39.5 Å². The Morgan fingerprint density at radius 2 is 1.86 bits per heavy atom. The van der Waals surface area contributed by atoms with Crippen LogP contribution in [0.25, 0.3) is 0 Å². The first-order chi connectivity index (χ1) is 6.49. The van der Waals surface area contributed by atoms with Crippen molar-refractivity contribution in [3.05, 3.63) is 0 Å². The minimum Gasteiger partial charge on any atom is -0.480 e. The average molecular weight is 199 g/mol. The molecule has 0 heterocycles. The molecule has 82 valence electrons. The number of carboxylic acids is 1. The molecule has 0 spiro atoms. The van der Waals surface area contributed by atoms with Gasteiger partial charge in [-0.1, -0.05) is 13.8 Å². The van der Waals surface area contributed by atoms with E-state index in [-0.39, 0.29) is 0 Å². The number of carboxylic acid groups (broad SMARTS) is 1. The normalized spacial score (nSPS) is 35.2. The van der Waals surface area contributed by atoms with Gasteiger partial charge < -0.3 is 10.8 Å². The molecule has 0 bridgehead atoms. The third-order valence-corrected chi connectivity index (χ3v) is 3.18. The molecular formula is C11H21NO2. The summed E-state index contributed by atoms with van der Waals surface area (Å²) >= 11 is 0. The molecule has 3 atom stereocenters. The standard InChI is InChI=1S/C11H21NO2/c1-7-3-8(2)5-9(4-7)6-10(12)11(13)14/h7-10H,3-6,12H2,1-2H3,(H,13,14)/t7?,8?,9?,10-/m0/s1. The van der Waals surface area contributed by atoms with Crippen molar-refractivity contribution >= 4 is 5.97 Å². The topological polar surface area (TPSA) is 63.3 Å². The molecule has 2 unspecified atom stereocenters. The predicted octanol–water partition coefficient (Wildman–Crippen LogP) is 1.86. The fraction of sp³-hybridized carbons (Fsp3) is 0.909. The van der Waals surface area contributed by atoms with E-state index >= 15 is 0 Å². The van der Waals surface area contributed by atoms with Gasteiger partial charge in [0.2, 0.25) is 0 Å². The second-order valence-corrected chi connectivity index (χ2v) is 4.96. The van der Waals surface area contributed by atoms with E-state index in [0.29, 0.717) is 12.3 Å². The molecule has 0 amide bonds. The number of hydrogen-bond acceptors (Lipinski definition) is 2. The Morgan fingerprint density at radius 1 is 1.36 bits per heavy atom. The molecule has 1 aliphatic rings. The lowest BCUT2D eigenvalue weighted by Crippen LogP contribution is -2.34. The number of carbonyl (C=O) groups is 1. The van der Waals surface area contributed by atoms with Gasteiger partial charge in [-0.3, -0.25) is 4.79 Å². The lowest BCUT2D eigenvalue weighted by Gasteiger charge is -2.32. The first-order valence-electron chi connectivity index (χ1n) is 5.47. The minimum absolute atomic E-state index is 0.514. The van der Waals surface area contributed by atoms with Crippen LogP contribution in [0.15, 0.2) is 0 Å². The molecule has 0 aliphatic heterocycles. The second-order valence-electron chi connectivity index (χ2n) is 4.96. The largest absolute Gasteiger partial charge is 0.480 e. The Balaban J connectivity index is 2.40. The molecule has 1 fully saturated rings. The first kappa shape index (κ1) is 11.5. The van der Waals surface area contributed by atoms with E-state index < -0.39 is 12.0 Å². The summed E-state index contributed by atoms with van der Waals surface area (Å²) in [6.07, 6.45) is 4.21. The molecule has 0 radical (unpaired) electrons. The van der Waals surface area contributed by atoms with Crippen LogP contribution in [0, 0.1) is 17.8 Å². The zero-order valence-corrected chi connectivity index (χ0v) is 9.07. The smallest absolute Gasteiger partial charge is 0.320 e. The average Bonchev–Trinajstić information content (AvgIpc) is 2.01. The van der Waals surface area contributed by atoms with Gasteiger partial charge in [0.25, 0.3) is 0 Å². The number of rotatable bonds is 3. The highest BCUT2D eigenvalue weighted by Crippen LogP contribution is 2.34. The van der Waals surface area contributed by atoms with Gasteiger partial charge in [-0.15, -0.1) is 0 Å². The van der Waals surface area contributed by atoms with Crippen molar-refractivity contribution in [2.45, 2.75) is 45.6 Å². The molecule has 1 saturated carbocycles. The van der Waals surface area contributed by atoms with Crippen molar-refractivity contribution < 1.29 is 9.90 Å². The molecule has 0 saturated heterocycles. The molecule has 14 heavy (non-hydrogen) atoms. The molecule has 3 heteroatoms. The number of hydrogen-bond donors (Lipinski definition) is 2. The van der Waals surface area contributed by atoms with Gasteiger partial charge >= 0.3 is 5.97 Å². The van der Waals surface area contributed by atoms with Crippen LogP contribution in [0.5, 0.6) is 0 Å². The van der Waals surface area contributed by atoms with E-state index in [0.717, 1.165) is 24.7 Å². The highest BCUT2D eigenvalue weighted by Gasteiger charge is 2.26. The first-order valence-corrected chi connectivity index (χ1v) is 5.47. The summed E-state index contributed by atoms with van der Waals surface area (Å²) < 4.78 is 0. The molecule has 0 aromatic heterocycles. The van der Waals surface area contributed by atoms with E-state index in [4.69, 9.17) is 10.8 Å². The van der Waals surface area contributed by atoms with E-state index in [1.165, 1.54) is 6.42 Å². The van der Waals surface area contributed by atoms with Gasteiger partial charge in [0, 0.05) is 0 Å². The number of aliphatic carboxylic acids is 1. The predicted molar refractivity (Wildman–Crippen MR) is 55.9 cm³/mol. The molecular weight excluding hydrogens is 178 g/mol. The fourth-order valence-corrected chi connectivity index (χ4v) is 2.77. The molecule has 3 N–H and O–H groups in total. The summed E-state index contributed by atoms with van der Waals surface area (Å²) in [5, 5.41) is 8.72. The Bertz CT molecular complexity index is 195. The van der Waals surface area contributed by atoms with Crippen molar-refractivity contribution in [2.75, 3.05) is 0 Å². The van der Waals surface area contributed by atoms with Gasteiger partial charge in [0.15, 0.2) is 0 Å². The molecule has 1 rings (SSSR count). The molecule has 0 aromatic rings. The summed E-state index contributed by atoms with van der Waals surface area (Å²) in [6, 6.07) is -0.669. The highest BCUT2D eigenvalue weighted by atomic mass is 16.4. The van der Waals surface area contributed by atoms with E-state index in [1.807, 2.05) is 0 Å². The Morgan fingerprint density at radius 3 is 2.29 bits per heavy atom. The zero-order chi connectivity index (χ0) is 10.7. The summed E-state index contributed by atoms with van der Waals surface area (Å²) in [5.41, 5.74) is 5.54. The van der Waals surface area contributed by atoms with Crippen LogP contribution in [-0.2, 0) is 4.79 Å². The molecule has 1 aliphatic carbocycles. The van der Waals surface area contributed by atoms with Crippen molar-refractivity contribution in [3.8, 4) is 0 Å². The Hall–Kier alpha value is -0.570. The van der Waals surface area contributed by atoms with Crippen LogP contribution in [0.2, 0.25) is 0 Å². The van der Waals surface area contributed by atoms with Crippen molar-refractivity contribution in [1.29, 1.82) is 0 Å². The van der Waals surface area contributed by atoms with Crippen LogP contribution < -0.4 is 5.73 Å². The zero-order valence-electron chi connectivity index (χ0n) is 9.07. The van der Waals surface area contributed by atoms with Gasteiger partial charge in [0.1, 0.15) is 6.04 Å². The summed E-state index contributed by atoms with van der Waals surface area (Å²) in [7, 11) is 0. The minimum atomic E-state index is -0.865. The van der Waals surface area contributed by atoms with E-state index in [1.54, 1.807) is 0 Å². The van der Waals surface area contributed by atoms with Crippen LogP contribution in [0.4, 0.5) is 0 Å². The third-order valence-electron chi connectivity index (χ3n) is 3.18. The van der Waals surface area contributed by atoms with Crippen LogP contribution >= 0.6 is 0 Å². The van der Waals surface area contributed by atoms with E-state index in [2.05, 4.69) is 13.8 Å². The van der Waals surface area contributed by atoms with Gasteiger partial charge in [0.05, 0.1) is 0 Å². The maximum absolute atomic E-state index is 10.6. The van der Waals surface area contributed by atoms with Gasteiger partial charge in [-0.05, 0) is 43.4 Å². The maximum Gasteiger partial charge on any atom is 0.320 e. The lowest BCUT2D eigenvalue weighted by molar-refractivity contribution is -0.139. The van der Waals surface area contributed by atoms with Gasteiger partial charge in [-0.2, -0.15) is 0 Å². The summed E-state index contributed by atoms with van der Waals surface area (Å²) in [4.78, 5) is 10.6. The molecule has 3 nitrogen and oxygen atoms in total. The van der Waals surface area contributed by atoms with Crippen LogP contribution in [-0.4, -0.2) is 17.1 Å².